The number of furan rings is 1. The van der Waals surface area contributed by atoms with E-state index in [-0.39, 0.29) is 11.9 Å². The van der Waals surface area contributed by atoms with Crippen LogP contribution in [0.1, 0.15) is 47.2 Å². The van der Waals surface area contributed by atoms with E-state index in [0.29, 0.717) is 12.1 Å². The summed E-state index contributed by atoms with van der Waals surface area (Å²) in [5.74, 6) is 1.82. The lowest BCUT2D eigenvalue weighted by atomic mass is 10.1. The molecule has 23 heavy (non-hydrogen) atoms. The number of hydrogen-bond donors (Lipinski definition) is 1. The first-order valence-corrected chi connectivity index (χ1v) is 8.37. The highest BCUT2D eigenvalue weighted by molar-refractivity contribution is 5.94. The van der Waals surface area contributed by atoms with Gasteiger partial charge < -0.3 is 9.73 Å². The summed E-state index contributed by atoms with van der Waals surface area (Å²) in [6.07, 6.45) is 3.71. The summed E-state index contributed by atoms with van der Waals surface area (Å²) in [5, 5.41) is 3.06. The number of amides is 1. The van der Waals surface area contributed by atoms with Crippen molar-refractivity contribution in [2.45, 2.75) is 32.2 Å². The summed E-state index contributed by atoms with van der Waals surface area (Å²) in [6, 6.07) is 13.5. The van der Waals surface area contributed by atoms with Gasteiger partial charge in [0.2, 0.25) is 0 Å². The van der Waals surface area contributed by atoms with Crippen LogP contribution in [0.3, 0.4) is 0 Å². The third kappa shape index (κ3) is 4.02. The number of hydrogen-bond acceptors (Lipinski definition) is 3. The van der Waals surface area contributed by atoms with Gasteiger partial charge in [-0.05, 0) is 57.1 Å². The Morgan fingerprint density at radius 2 is 1.87 bits per heavy atom. The van der Waals surface area contributed by atoms with Crippen LogP contribution in [0.25, 0.3) is 0 Å². The Balaban J connectivity index is 1.69. The smallest absolute Gasteiger partial charge is 0.251 e. The van der Waals surface area contributed by atoms with Gasteiger partial charge in [0.05, 0.1) is 6.04 Å². The van der Waals surface area contributed by atoms with Crippen LogP contribution in [-0.4, -0.2) is 30.4 Å². The molecule has 0 aliphatic carbocycles. The van der Waals surface area contributed by atoms with Crippen molar-refractivity contribution in [1.82, 2.24) is 10.2 Å². The molecule has 122 valence electrons. The highest BCUT2D eigenvalue weighted by Crippen LogP contribution is 2.25. The van der Waals surface area contributed by atoms with Gasteiger partial charge in [0.25, 0.3) is 5.91 Å². The molecule has 0 bridgehead atoms. The standard InChI is InChI=1S/C19H24N2O2/c1-15-10-11-18(23-15)17(21-12-6-3-7-13-21)14-20-19(22)16-8-4-2-5-9-16/h2,4-5,8-11,17H,3,6-7,12-14H2,1H3,(H,20,22)/t17-/m0/s1. The molecular weight excluding hydrogens is 288 g/mol. The molecule has 0 spiro atoms. The van der Waals surface area contributed by atoms with Gasteiger partial charge in [-0.3, -0.25) is 9.69 Å². The van der Waals surface area contributed by atoms with Crippen LogP contribution >= 0.6 is 0 Å². The first-order chi connectivity index (χ1) is 11.2. The maximum atomic E-state index is 12.3. The zero-order valence-corrected chi connectivity index (χ0v) is 13.6. The van der Waals surface area contributed by atoms with Crippen molar-refractivity contribution in [3.05, 3.63) is 59.5 Å². The Hall–Kier alpha value is -2.07. The maximum Gasteiger partial charge on any atom is 0.251 e. The van der Waals surface area contributed by atoms with E-state index in [0.717, 1.165) is 24.6 Å². The van der Waals surface area contributed by atoms with Crippen molar-refractivity contribution in [2.75, 3.05) is 19.6 Å². The van der Waals surface area contributed by atoms with Crippen LogP contribution in [0.15, 0.2) is 46.9 Å². The minimum Gasteiger partial charge on any atom is -0.465 e. The number of rotatable bonds is 5. The Kier molecular flexibility index (Phi) is 5.13. The Bertz CT molecular complexity index is 630. The molecule has 2 heterocycles. The predicted molar refractivity (Wildman–Crippen MR) is 90.4 cm³/mol. The summed E-state index contributed by atoms with van der Waals surface area (Å²) in [5.41, 5.74) is 0.695. The highest BCUT2D eigenvalue weighted by atomic mass is 16.3. The van der Waals surface area contributed by atoms with Gasteiger partial charge in [-0.25, -0.2) is 0 Å². The first-order valence-electron chi connectivity index (χ1n) is 8.37. The minimum atomic E-state index is -0.0316. The molecular formula is C19H24N2O2. The van der Waals surface area contributed by atoms with Gasteiger partial charge in [0.15, 0.2) is 0 Å². The van der Waals surface area contributed by atoms with Crippen LogP contribution in [-0.2, 0) is 0 Å². The second-order valence-corrected chi connectivity index (χ2v) is 6.14. The van der Waals surface area contributed by atoms with Crippen LogP contribution < -0.4 is 5.32 Å². The van der Waals surface area contributed by atoms with Crippen molar-refractivity contribution >= 4 is 5.91 Å². The average Bonchev–Trinajstić information content (AvgIpc) is 3.03. The van der Waals surface area contributed by atoms with Crippen molar-refractivity contribution in [2.24, 2.45) is 0 Å². The summed E-state index contributed by atoms with van der Waals surface area (Å²) in [6.45, 7) is 4.65. The Labute approximate surface area is 137 Å². The maximum absolute atomic E-state index is 12.3. The molecule has 1 amide bonds. The third-order valence-corrected chi connectivity index (χ3v) is 4.41. The zero-order valence-electron chi connectivity index (χ0n) is 13.6. The lowest BCUT2D eigenvalue weighted by Crippen LogP contribution is -2.40. The SMILES string of the molecule is Cc1ccc([C@H](CNC(=O)c2ccccc2)N2CCCCC2)o1. The van der Waals surface area contributed by atoms with Gasteiger partial charge in [-0.2, -0.15) is 0 Å². The van der Waals surface area contributed by atoms with Crippen LogP contribution in [0.5, 0.6) is 0 Å². The second kappa shape index (κ2) is 7.47. The van der Waals surface area contributed by atoms with Gasteiger partial charge in [-0.15, -0.1) is 0 Å². The number of carbonyl (C=O) groups is 1. The van der Waals surface area contributed by atoms with Crippen LogP contribution in [0.4, 0.5) is 0 Å². The lowest BCUT2D eigenvalue weighted by Gasteiger charge is -2.33. The quantitative estimate of drug-likeness (QED) is 0.918. The topological polar surface area (TPSA) is 45.5 Å². The van der Waals surface area contributed by atoms with Crippen LogP contribution in [0, 0.1) is 6.92 Å². The summed E-state index contributed by atoms with van der Waals surface area (Å²) < 4.78 is 5.84. The molecule has 1 fully saturated rings. The van der Waals surface area contributed by atoms with E-state index in [1.54, 1.807) is 0 Å². The van der Waals surface area contributed by atoms with Crippen LogP contribution in [0.2, 0.25) is 0 Å². The second-order valence-electron chi connectivity index (χ2n) is 6.14. The molecule has 1 atom stereocenters. The fraction of sp³-hybridized carbons (Fsp3) is 0.421. The Morgan fingerprint density at radius 3 is 2.52 bits per heavy atom. The van der Waals surface area contributed by atoms with Crippen molar-refractivity contribution in [1.29, 1.82) is 0 Å². The van der Waals surface area contributed by atoms with E-state index in [9.17, 15) is 4.79 Å². The largest absolute Gasteiger partial charge is 0.465 e. The molecule has 1 N–H and O–H groups in total. The third-order valence-electron chi connectivity index (χ3n) is 4.41. The molecule has 0 radical (unpaired) electrons. The van der Waals surface area contributed by atoms with Gasteiger partial charge in [0, 0.05) is 12.1 Å². The lowest BCUT2D eigenvalue weighted by molar-refractivity contribution is 0.0913. The van der Waals surface area contributed by atoms with E-state index in [1.807, 2.05) is 49.4 Å². The van der Waals surface area contributed by atoms with Crippen molar-refractivity contribution in [3.8, 4) is 0 Å². The number of aryl methyl sites for hydroxylation is 1. The fourth-order valence-corrected chi connectivity index (χ4v) is 3.15. The van der Waals surface area contributed by atoms with E-state index in [1.165, 1.54) is 19.3 Å². The van der Waals surface area contributed by atoms with E-state index >= 15 is 0 Å². The molecule has 1 saturated heterocycles. The van der Waals surface area contributed by atoms with E-state index in [4.69, 9.17) is 4.42 Å². The number of likely N-dealkylation sites (tertiary alicyclic amines) is 1. The van der Waals surface area contributed by atoms with Gasteiger partial charge in [-0.1, -0.05) is 24.6 Å². The van der Waals surface area contributed by atoms with Crippen molar-refractivity contribution in [3.63, 3.8) is 0 Å². The average molecular weight is 312 g/mol. The summed E-state index contributed by atoms with van der Waals surface area (Å²) in [7, 11) is 0. The molecule has 3 rings (SSSR count). The normalized spacial score (nSPS) is 16.9. The van der Waals surface area contributed by atoms with E-state index in [2.05, 4.69) is 10.2 Å². The highest BCUT2D eigenvalue weighted by Gasteiger charge is 2.25. The fourth-order valence-electron chi connectivity index (χ4n) is 3.15. The molecule has 0 unspecified atom stereocenters. The van der Waals surface area contributed by atoms with E-state index < -0.39 is 0 Å². The van der Waals surface area contributed by atoms with Gasteiger partial charge >= 0.3 is 0 Å². The molecule has 1 aliphatic heterocycles. The summed E-state index contributed by atoms with van der Waals surface area (Å²) >= 11 is 0. The molecule has 1 aliphatic rings. The number of piperidine rings is 1. The number of nitrogens with zero attached hydrogens (tertiary/aromatic N) is 1. The summed E-state index contributed by atoms with van der Waals surface area (Å²) in [4.78, 5) is 14.7. The molecule has 1 aromatic carbocycles. The predicted octanol–water partition coefficient (Wildman–Crippen LogP) is 3.55. The monoisotopic (exact) mass is 312 g/mol. The number of carbonyl (C=O) groups excluding carboxylic acids is 1. The zero-order chi connectivity index (χ0) is 16.1. The van der Waals surface area contributed by atoms with Crippen molar-refractivity contribution < 1.29 is 9.21 Å². The first kappa shape index (κ1) is 15.8. The molecule has 1 aromatic heterocycles. The molecule has 4 heteroatoms. The van der Waals surface area contributed by atoms with Gasteiger partial charge in [0.1, 0.15) is 11.5 Å². The number of benzene rings is 1. The molecule has 4 nitrogen and oxygen atoms in total. The molecule has 2 aromatic rings. The Morgan fingerprint density at radius 1 is 1.13 bits per heavy atom. The number of nitrogens with one attached hydrogen (secondary N) is 1. The molecule has 0 saturated carbocycles. The minimum absolute atomic E-state index is 0.0316.